The van der Waals surface area contributed by atoms with Crippen molar-refractivity contribution in [3.8, 4) is 11.3 Å². The molecule has 0 aliphatic carbocycles. The van der Waals surface area contributed by atoms with Gasteiger partial charge in [-0.2, -0.15) is 0 Å². The van der Waals surface area contributed by atoms with Gasteiger partial charge < -0.3 is 9.80 Å². The highest BCUT2D eigenvalue weighted by Crippen LogP contribution is 2.33. The zero-order valence-corrected chi connectivity index (χ0v) is 17.6. The van der Waals surface area contributed by atoms with Crippen LogP contribution in [-0.2, 0) is 4.79 Å². The van der Waals surface area contributed by atoms with E-state index in [-0.39, 0.29) is 5.92 Å². The molecular formula is C23H24ClN5O. The number of likely N-dealkylation sites (tertiary alicyclic amines) is 1. The van der Waals surface area contributed by atoms with Gasteiger partial charge in [0.05, 0.1) is 5.69 Å². The molecule has 2 saturated heterocycles. The van der Waals surface area contributed by atoms with Gasteiger partial charge in [0.25, 0.3) is 0 Å². The highest BCUT2D eigenvalue weighted by atomic mass is 35.5. The summed E-state index contributed by atoms with van der Waals surface area (Å²) in [4.78, 5) is 30.5. The van der Waals surface area contributed by atoms with Gasteiger partial charge in [-0.1, -0.05) is 11.6 Å². The van der Waals surface area contributed by atoms with E-state index in [0.717, 1.165) is 79.7 Å². The van der Waals surface area contributed by atoms with Gasteiger partial charge in [-0.15, -0.1) is 0 Å². The number of hydrogen-bond donors (Lipinski definition) is 0. The van der Waals surface area contributed by atoms with Crippen LogP contribution in [0.1, 0.15) is 25.7 Å². The summed E-state index contributed by atoms with van der Waals surface area (Å²) >= 11 is 6.10. The summed E-state index contributed by atoms with van der Waals surface area (Å²) in [5.74, 6) is 1.42. The van der Waals surface area contributed by atoms with Gasteiger partial charge >= 0.3 is 0 Å². The van der Waals surface area contributed by atoms with E-state index >= 15 is 0 Å². The van der Waals surface area contributed by atoms with E-state index in [1.165, 1.54) is 0 Å². The fraction of sp³-hybridized carbons (Fsp3) is 0.391. The number of pyridine rings is 3. The zero-order chi connectivity index (χ0) is 20.5. The highest BCUT2D eigenvalue weighted by Gasteiger charge is 2.30. The predicted octanol–water partition coefficient (Wildman–Crippen LogP) is 4.18. The van der Waals surface area contributed by atoms with Crippen LogP contribution in [0, 0.1) is 5.92 Å². The lowest BCUT2D eigenvalue weighted by atomic mass is 9.95. The predicted molar refractivity (Wildman–Crippen MR) is 119 cm³/mol. The summed E-state index contributed by atoms with van der Waals surface area (Å²) in [6.07, 6.45) is 9.39. The van der Waals surface area contributed by atoms with Crippen LogP contribution in [0.15, 0.2) is 42.9 Å². The Kier molecular flexibility index (Phi) is 5.25. The maximum Gasteiger partial charge on any atom is 0.225 e. The molecule has 2 aliphatic heterocycles. The van der Waals surface area contributed by atoms with Crippen LogP contribution >= 0.6 is 11.6 Å². The van der Waals surface area contributed by atoms with Crippen LogP contribution in [-0.4, -0.2) is 51.9 Å². The minimum Gasteiger partial charge on any atom is -0.356 e. The summed E-state index contributed by atoms with van der Waals surface area (Å²) in [5.41, 5.74) is 1.78. The molecule has 0 aromatic carbocycles. The average molecular weight is 422 g/mol. The Balaban J connectivity index is 1.43. The monoisotopic (exact) mass is 421 g/mol. The van der Waals surface area contributed by atoms with E-state index in [4.69, 9.17) is 16.6 Å². The largest absolute Gasteiger partial charge is 0.356 e. The Morgan fingerprint density at radius 2 is 1.83 bits per heavy atom. The molecule has 1 amide bonds. The van der Waals surface area contributed by atoms with Crippen LogP contribution in [0.3, 0.4) is 0 Å². The lowest BCUT2D eigenvalue weighted by molar-refractivity contribution is -0.135. The summed E-state index contributed by atoms with van der Waals surface area (Å²) in [6.45, 7) is 3.51. The normalized spacial score (nSPS) is 17.6. The Labute approximate surface area is 180 Å². The summed E-state index contributed by atoms with van der Waals surface area (Å²) in [6, 6.07) is 7.81. The first kappa shape index (κ1) is 19.2. The molecule has 6 nitrogen and oxygen atoms in total. The Hall–Kier alpha value is -2.73. The van der Waals surface area contributed by atoms with Crippen LogP contribution in [0.2, 0.25) is 5.15 Å². The lowest BCUT2D eigenvalue weighted by Gasteiger charge is -2.34. The number of aromatic nitrogens is 3. The molecule has 0 unspecified atom stereocenters. The topological polar surface area (TPSA) is 62.2 Å². The second-order valence-electron chi connectivity index (χ2n) is 8.09. The van der Waals surface area contributed by atoms with Crippen molar-refractivity contribution in [1.82, 2.24) is 19.9 Å². The summed E-state index contributed by atoms with van der Waals surface area (Å²) in [7, 11) is 0. The average Bonchev–Trinajstić information content (AvgIpc) is 3.33. The van der Waals surface area contributed by atoms with Crippen LogP contribution < -0.4 is 4.90 Å². The van der Waals surface area contributed by atoms with Gasteiger partial charge in [-0.3, -0.25) is 9.78 Å². The molecule has 3 aromatic rings. The van der Waals surface area contributed by atoms with E-state index in [0.29, 0.717) is 11.1 Å². The molecule has 154 valence electrons. The van der Waals surface area contributed by atoms with E-state index in [1.807, 2.05) is 35.4 Å². The number of halogens is 1. The Morgan fingerprint density at radius 3 is 2.60 bits per heavy atom. The molecule has 7 heteroatoms. The van der Waals surface area contributed by atoms with Gasteiger partial charge in [0, 0.05) is 67.0 Å². The number of anilines is 1. The Morgan fingerprint density at radius 1 is 1.03 bits per heavy atom. The van der Waals surface area contributed by atoms with E-state index < -0.39 is 0 Å². The standard InChI is InChI=1S/C23H24ClN5O/c24-21-14-17(3-8-26-21)20-13-18-15-25-7-4-19(18)22(27-20)28-11-5-16(6-12-28)23(30)29-9-1-2-10-29/h3-4,7-8,13-16H,1-2,5-6,9-12H2. The second kappa shape index (κ2) is 8.19. The van der Waals surface area contributed by atoms with Gasteiger partial charge in [-0.05, 0) is 49.9 Å². The number of carbonyl (C=O) groups excluding carboxylic acids is 1. The molecule has 0 atom stereocenters. The molecule has 5 rings (SSSR count). The highest BCUT2D eigenvalue weighted by molar-refractivity contribution is 6.29. The van der Waals surface area contributed by atoms with Crippen molar-refractivity contribution < 1.29 is 4.79 Å². The molecule has 0 bridgehead atoms. The van der Waals surface area contributed by atoms with Crippen molar-refractivity contribution in [2.75, 3.05) is 31.1 Å². The number of piperidine rings is 1. The van der Waals surface area contributed by atoms with Gasteiger partial charge in [0.1, 0.15) is 11.0 Å². The van der Waals surface area contributed by atoms with Gasteiger partial charge in [0.15, 0.2) is 0 Å². The third kappa shape index (κ3) is 3.72. The third-order valence-electron chi connectivity index (χ3n) is 6.20. The number of nitrogens with zero attached hydrogens (tertiary/aromatic N) is 5. The summed E-state index contributed by atoms with van der Waals surface area (Å²) in [5, 5.41) is 2.57. The van der Waals surface area contributed by atoms with Crippen LogP contribution in [0.4, 0.5) is 5.82 Å². The lowest BCUT2D eigenvalue weighted by Crippen LogP contribution is -2.42. The molecule has 0 spiro atoms. The maximum absolute atomic E-state index is 12.8. The van der Waals surface area contributed by atoms with Gasteiger partial charge in [0.2, 0.25) is 5.91 Å². The van der Waals surface area contributed by atoms with E-state index in [1.54, 1.807) is 12.4 Å². The van der Waals surface area contributed by atoms with Crippen LogP contribution in [0.25, 0.3) is 22.0 Å². The molecular weight excluding hydrogens is 398 g/mol. The van der Waals surface area contributed by atoms with Crippen molar-refractivity contribution in [3.63, 3.8) is 0 Å². The maximum atomic E-state index is 12.8. The first-order chi connectivity index (χ1) is 14.7. The SMILES string of the molecule is O=C(C1CCN(c2nc(-c3ccnc(Cl)c3)cc3cnccc23)CC1)N1CCCC1. The minimum atomic E-state index is 0.134. The molecule has 5 heterocycles. The zero-order valence-electron chi connectivity index (χ0n) is 16.8. The van der Waals surface area contributed by atoms with E-state index in [9.17, 15) is 4.79 Å². The molecule has 0 radical (unpaired) electrons. The van der Waals surface area contributed by atoms with Crippen molar-refractivity contribution >= 4 is 34.1 Å². The first-order valence-electron chi connectivity index (χ1n) is 10.6. The molecule has 30 heavy (non-hydrogen) atoms. The number of hydrogen-bond acceptors (Lipinski definition) is 5. The number of carbonyl (C=O) groups is 1. The molecule has 2 fully saturated rings. The minimum absolute atomic E-state index is 0.134. The van der Waals surface area contributed by atoms with Crippen LogP contribution in [0.5, 0.6) is 0 Å². The van der Waals surface area contributed by atoms with Gasteiger partial charge in [-0.25, -0.2) is 9.97 Å². The molecule has 0 N–H and O–H groups in total. The fourth-order valence-corrected chi connectivity index (χ4v) is 4.74. The molecule has 2 aliphatic rings. The van der Waals surface area contributed by atoms with Crippen molar-refractivity contribution in [1.29, 1.82) is 0 Å². The van der Waals surface area contributed by atoms with E-state index in [2.05, 4.69) is 14.9 Å². The number of rotatable bonds is 3. The second-order valence-corrected chi connectivity index (χ2v) is 8.48. The smallest absolute Gasteiger partial charge is 0.225 e. The molecule has 3 aromatic heterocycles. The number of amides is 1. The fourth-order valence-electron chi connectivity index (χ4n) is 4.56. The quantitative estimate of drug-likeness (QED) is 0.593. The summed E-state index contributed by atoms with van der Waals surface area (Å²) < 4.78 is 0. The van der Waals surface area contributed by atoms with Crippen molar-refractivity contribution in [3.05, 3.63) is 48.0 Å². The Bertz CT molecular complexity index is 1070. The van der Waals surface area contributed by atoms with Crippen molar-refractivity contribution in [2.45, 2.75) is 25.7 Å². The number of fused-ring (bicyclic) bond motifs is 1. The first-order valence-corrected chi connectivity index (χ1v) is 11.0. The third-order valence-corrected chi connectivity index (χ3v) is 6.40. The van der Waals surface area contributed by atoms with Crippen molar-refractivity contribution in [2.24, 2.45) is 5.92 Å². The molecule has 0 saturated carbocycles.